The van der Waals surface area contributed by atoms with Gasteiger partial charge in [-0.25, -0.2) is 0 Å². The molecule has 5 nitrogen and oxygen atoms in total. The predicted octanol–water partition coefficient (Wildman–Crippen LogP) is 1.67. The van der Waals surface area contributed by atoms with Crippen molar-refractivity contribution >= 4 is 11.4 Å². The van der Waals surface area contributed by atoms with Crippen LogP contribution in [0, 0.1) is 0 Å². The summed E-state index contributed by atoms with van der Waals surface area (Å²) in [5.41, 5.74) is 1.91. The second kappa shape index (κ2) is 9.47. The fourth-order valence-corrected chi connectivity index (χ4v) is 1.67. The van der Waals surface area contributed by atoms with E-state index in [9.17, 15) is 0 Å². The van der Waals surface area contributed by atoms with Crippen molar-refractivity contribution in [1.82, 2.24) is 0 Å². The quantitative estimate of drug-likeness (QED) is 0.486. The molecule has 0 radical (unpaired) electrons. The van der Waals surface area contributed by atoms with Crippen molar-refractivity contribution in [2.45, 2.75) is 19.8 Å². The second-order valence-electron chi connectivity index (χ2n) is 4.15. The number of anilines is 2. The summed E-state index contributed by atoms with van der Waals surface area (Å²) in [4.78, 5) is 0. The van der Waals surface area contributed by atoms with E-state index in [1.807, 2.05) is 25.1 Å². The molecule has 19 heavy (non-hydrogen) atoms. The first kappa shape index (κ1) is 15.6. The Morgan fingerprint density at radius 1 is 1.05 bits per heavy atom. The first-order valence-electron chi connectivity index (χ1n) is 6.78. The lowest BCUT2D eigenvalue weighted by molar-refractivity contribution is 0.292. The fraction of sp³-hybridized carbons (Fsp3) is 0.571. The molecule has 0 saturated carbocycles. The predicted molar refractivity (Wildman–Crippen MR) is 78.0 cm³/mol. The minimum atomic E-state index is 0.172. The van der Waals surface area contributed by atoms with Crippen molar-refractivity contribution < 1.29 is 14.9 Å². The molecule has 1 aromatic rings. The van der Waals surface area contributed by atoms with Crippen molar-refractivity contribution in [2.75, 3.05) is 43.5 Å². The van der Waals surface area contributed by atoms with E-state index in [-0.39, 0.29) is 13.2 Å². The van der Waals surface area contributed by atoms with Crippen LogP contribution in [-0.4, -0.2) is 43.1 Å². The van der Waals surface area contributed by atoms with Crippen LogP contribution < -0.4 is 15.4 Å². The van der Waals surface area contributed by atoms with Gasteiger partial charge in [-0.15, -0.1) is 0 Å². The molecule has 4 N–H and O–H groups in total. The molecule has 1 aromatic carbocycles. The van der Waals surface area contributed by atoms with Gasteiger partial charge in [-0.1, -0.05) is 0 Å². The molecule has 0 aliphatic carbocycles. The summed E-state index contributed by atoms with van der Waals surface area (Å²) >= 11 is 0. The zero-order valence-electron chi connectivity index (χ0n) is 11.5. The average Bonchev–Trinajstić information content (AvgIpc) is 2.42. The highest BCUT2D eigenvalue weighted by Gasteiger charge is 2.04. The largest absolute Gasteiger partial charge is 0.492 e. The van der Waals surface area contributed by atoms with Crippen LogP contribution in [0.4, 0.5) is 11.4 Å². The van der Waals surface area contributed by atoms with Gasteiger partial charge in [0.1, 0.15) is 5.75 Å². The summed E-state index contributed by atoms with van der Waals surface area (Å²) in [6.45, 7) is 4.37. The lowest BCUT2D eigenvalue weighted by Gasteiger charge is -2.14. The lowest BCUT2D eigenvalue weighted by atomic mass is 10.2. The van der Waals surface area contributed by atoms with Crippen LogP contribution >= 0.6 is 0 Å². The van der Waals surface area contributed by atoms with Gasteiger partial charge >= 0.3 is 0 Å². The number of hydrogen-bond donors (Lipinski definition) is 4. The number of hydrogen-bond acceptors (Lipinski definition) is 5. The molecule has 0 fully saturated rings. The maximum absolute atomic E-state index is 8.81. The van der Waals surface area contributed by atoms with Gasteiger partial charge in [0, 0.05) is 32.0 Å². The molecular weight excluding hydrogens is 244 g/mol. The molecule has 5 heteroatoms. The minimum absolute atomic E-state index is 0.172. The minimum Gasteiger partial charge on any atom is -0.492 e. The highest BCUT2D eigenvalue weighted by molar-refractivity contribution is 5.65. The van der Waals surface area contributed by atoms with E-state index in [0.717, 1.165) is 30.1 Å². The van der Waals surface area contributed by atoms with Gasteiger partial charge in [-0.05, 0) is 38.0 Å². The highest BCUT2D eigenvalue weighted by Crippen LogP contribution is 2.28. The molecule has 0 amide bonds. The van der Waals surface area contributed by atoms with Crippen LogP contribution in [0.3, 0.4) is 0 Å². The highest BCUT2D eigenvalue weighted by atomic mass is 16.5. The van der Waals surface area contributed by atoms with Crippen molar-refractivity contribution in [3.63, 3.8) is 0 Å². The third-order valence-corrected chi connectivity index (χ3v) is 2.59. The molecule has 108 valence electrons. The molecule has 0 atom stereocenters. The van der Waals surface area contributed by atoms with Gasteiger partial charge in [0.05, 0.1) is 12.3 Å². The van der Waals surface area contributed by atoms with E-state index in [4.69, 9.17) is 14.9 Å². The first-order chi connectivity index (χ1) is 9.31. The van der Waals surface area contributed by atoms with Gasteiger partial charge in [-0.2, -0.15) is 0 Å². The molecular formula is C14H24N2O3. The van der Waals surface area contributed by atoms with Crippen molar-refractivity contribution in [1.29, 1.82) is 0 Å². The van der Waals surface area contributed by atoms with E-state index in [1.165, 1.54) is 0 Å². The summed E-state index contributed by atoms with van der Waals surface area (Å²) < 4.78 is 5.56. The van der Waals surface area contributed by atoms with Gasteiger partial charge in [0.25, 0.3) is 0 Å². The zero-order valence-corrected chi connectivity index (χ0v) is 11.5. The standard InChI is InChI=1S/C14H24N2O3/c1-2-19-14-6-5-12(15-7-3-9-17)11-13(14)16-8-4-10-18/h5-6,11,15-18H,2-4,7-10H2,1H3. The third kappa shape index (κ3) is 5.81. The summed E-state index contributed by atoms with van der Waals surface area (Å²) in [5, 5.41) is 24.1. The Labute approximate surface area is 114 Å². The average molecular weight is 268 g/mol. The van der Waals surface area contributed by atoms with Crippen molar-refractivity contribution in [2.24, 2.45) is 0 Å². The Kier molecular flexibility index (Phi) is 7.77. The van der Waals surface area contributed by atoms with Crippen LogP contribution in [0.2, 0.25) is 0 Å². The molecule has 0 aromatic heterocycles. The van der Waals surface area contributed by atoms with Crippen LogP contribution in [-0.2, 0) is 0 Å². The number of nitrogens with one attached hydrogen (secondary N) is 2. The Morgan fingerprint density at radius 3 is 2.37 bits per heavy atom. The van der Waals surface area contributed by atoms with E-state index in [1.54, 1.807) is 0 Å². The summed E-state index contributed by atoms with van der Waals surface area (Å²) in [7, 11) is 0. The number of rotatable bonds is 10. The van der Waals surface area contributed by atoms with E-state index in [0.29, 0.717) is 19.6 Å². The van der Waals surface area contributed by atoms with Crippen LogP contribution in [0.5, 0.6) is 5.75 Å². The molecule has 0 aliphatic heterocycles. The van der Waals surface area contributed by atoms with E-state index < -0.39 is 0 Å². The number of aliphatic hydroxyl groups is 2. The van der Waals surface area contributed by atoms with Gasteiger partial charge in [0.15, 0.2) is 0 Å². The molecule has 0 unspecified atom stereocenters. The van der Waals surface area contributed by atoms with Crippen LogP contribution in [0.15, 0.2) is 18.2 Å². The number of ether oxygens (including phenoxy) is 1. The van der Waals surface area contributed by atoms with Crippen LogP contribution in [0.1, 0.15) is 19.8 Å². The number of aliphatic hydroxyl groups excluding tert-OH is 2. The van der Waals surface area contributed by atoms with Crippen molar-refractivity contribution in [3.8, 4) is 5.75 Å². The smallest absolute Gasteiger partial charge is 0.142 e. The zero-order chi connectivity index (χ0) is 13.9. The van der Waals surface area contributed by atoms with Gasteiger partial charge in [-0.3, -0.25) is 0 Å². The molecule has 0 aliphatic rings. The van der Waals surface area contributed by atoms with Gasteiger partial charge in [0.2, 0.25) is 0 Å². The Balaban J connectivity index is 2.66. The first-order valence-corrected chi connectivity index (χ1v) is 6.78. The Morgan fingerprint density at radius 2 is 1.74 bits per heavy atom. The normalized spacial score (nSPS) is 10.3. The fourth-order valence-electron chi connectivity index (χ4n) is 1.67. The maximum atomic E-state index is 8.81. The van der Waals surface area contributed by atoms with E-state index in [2.05, 4.69) is 10.6 Å². The molecule has 0 bridgehead atoms. The van der Waals surface area contributed by atoms with Gasteiger partial charge < -0.3 is 25.6 Å². The monoisotopic (exact) mass is 268 g/mol. The summed E-state index contributed by atoms with van der Waals surface area (Å²) in [6, 6.07) is 5.87. The summed E-state index contributed by atoms with van der Waals surface area (Å²) in [5.74, 6) is 0.813. The van der Waals surface area contributed by atoms with Crippen molar-refractivity contribution in [3.05, 3.63) is 18.2 Å². The molecule has 0 saturated heterocycles. The molecule has 0 spiro atoms. The van der Waals surface area contributed by atoms with Crippen LogP contribution in [0.25, 0.3) is 0 Å². The lowest BCUT2D eigenvalue weighted by Crippen LogP contribution is -2.08. The Hall–Kier alpha value is -1.46. The summed E-state index contributed by atoms with van der Waals surface area (Å²) in [6.07, 6.45) is 1.42. The molecule has 1 rings (SSSR count). The topological polar surface area (TPSA) is 73.8 Å². The third-order valence-electron chi connectivity index (χ3n) is 2.59. The van der Waals surface area contributed by atoms with E-state index >= 15 is 0 Å². The molecule has 0 heterocycles. The Bertz CT molecular complexity index is 359. The second-order valence-corrected chi connectivity index (χ2v) is 4.15. The maximum Gasteiger partial charge on any atom is 0.142 e. The SMILES string of the molecule is CCOc1ccc(NCCCO)cc1NCCCO. The number of benzene rings is 1.